The van der Waals surface area contributed by atoms with E-state index in [9.17, 15) is 14.4 Å². The monoisotopic (exact) mass is 374 g/mol. The number of amides is 1. The maximum absolute atomic E-state index is 12.1. The van der Waals surface area contributed by atoms with Gasteiger partial charge in [-0.2, -0.15) is 0 Å². The molecule has 6 nitrogen and oxygen atoms in total. The van der Waals surface area contributed by atoms with E-state index in [2.05, 4.69) is 10.3 Å². The normalized spacial score (nSPS) is 10.9. The van der Waals surface area contributed by atoms with Crippen LogP contribution >= 0.6 is 11.6 Å². The van der Waals surface area contributed by atoms with Gasteiger partial charge < -0.3 is 10.1 Å². The van der Waals surface area contributed by atoms with Crippen LogP contribution in [0.25, 0.3) is 0 Å². The molecule has 1 heterocycles. The highest BCUT2D eigenvalue weighted by molar-refractivity contribution is 6.32. The molecular weight excluding hydrogens is 356 g/mol. The summed E-state index contributed by atoms with van der Waals surface area (Å²) < 4.78 is 4.98. The lowest BCUT2D eigenvalue weighted by Gasteiger charge is -2.17. The maximum Gasteiger partial charge on any atom is 0.341 e. The molecule has 0 atom stereocenters. The second-order valence-corrected chi connectivity index (χ2v) is 6.98. The van der Waals surface area contributed by atoms with Gasteiger partial charge in [0, 0.05) is 22.9 Å². The lowest BCUT2D eigenvalue weighted by atomic mass is 9.95. The SMILES string of the molecule is CC(C)(C)C(=O)Nc1ccc(C(=O)COC(=O)c2cccnc2Cl)cc1. The zero-order valence-corrected chi connectivity index (χ0v) is 15.5. The number of carbonyl (C=O) groups excluding carboxylic acids is 3. The molecule has 7 heteroatoms. The van der Waals surface area contributed by atoms with Gasteiger partial charge in [0.1, 0.15) is 5.15 Å². The molecule has 136 valence electrons. The third kappa shape index (κ3) is 5.13. The van der Waals surface area contributed by atoms with Crippen LogP contribution in [0, 0.1) is 5.41 Å². The number of pyridine rings is 1. The van der Waals surface area contributed by atoms with E-state index in [0.717, 1.165) is 0 Å². The summed E-state index contributed by atoms with van der Waals surface area (Å²) in [5.74, 6) is -1.21. The van der Waals surface area contributed by atoms with Gasteiger partial charge in [0.25, 0.3) is 0 Å². The molecule has 2 aromatic rings. The number of esters is 1. The van der Waals surface area contributed by atoms with E-state index in [1.54, 1.807) is 30.3 Å². The second-order valence-electron chi connectivity index (χ2n) is 6.62. The zero-order chi connectivity index (χ0) is 19.3. The molecule has 0 bridgehead atoms. The van der Waals surface area contributed by atoms with Gasteiger partial charge in [-0.15, -0.1) is 0 Å². The Bertz CT molecular complexity index is 826. The van der Waals surface area contributed by atoms with Crippen LogP contribution < -0.4 is 5.32 Å². The smallest absolute Gasteiger partial charge is 0.341 e. The molecule has 0 aliphatic carbocycles. The number of aromatic nitrogens is 1. The van der Waals surface area contributed by atoms with E-state index in [-0.39, 0.29) is 22.4 Å². The first kappa shape index (κ1) is 19.6. The molecule has 0 aliphatic rings. The molecule has 1 aromatic heterocycles. The third-order valence-electron chi connectivity index (χ3n) is 3.46. The molecule has 1 N–H and O–H groups in total. The molecule has 0 fully saturated rings. The first-order chi connectivity index (χ1) is 12.2. The van der Waals surface area contributed by atoms with Crippen molar-refractivity contribution < 1.29 is 19.1 Å². The third-order valence-corrected chi connectivity index (χ3v) is 3.76. The number of Topliss-reactive ketones (excluding diaryl/α,β-unsaturated/α-hetero) is 1. The second kappa shape index (κ2) is 8.10. The lowest BCUT2D eigenvalue weighted by Crippen LogP contribution is -2.27. The van der Waals surface area contributed by atoms with Crippen LogP contribution in [-0.2, 0) is 9.53 Å². The fourth-order valence-electron chi connectivity index (χ4n) is 1.89. The summed E-state index contributed by atoms with van der Waals surface area (Å²) in [4.78, 5) is 39.8. The van der Waals surface area contributed by atoms with Crippen LogP contribution in [0.3, 0.4) is 0 Å². The molecule has 2 rings (SSSR count). The molecule has 0 saturated heterocycles. The van der Waals surface area contributed by atoms with Crippen molar-refractivity contribution in [3.63, 3.8) is 0 Å². The topological polar surface area (TPSA) is 85.4 Å². The predicted octanol–water partition coefficient (Wildman–Crippen LogP) is 3.76. The number of benzene rings is 1. The van der Waals surface area contributed by atoms with E-state index in [4.69, 9.17) is 16.3 Å². The average molecular weight is 375 g/mol. The number of carbonyl (C=O) groups is 3. The van der Waals surface area contributed by atoms with Gasteiger partial charge >= 0.3 is 5.97 Å². The summed E-state index contributed by atoms with van der Waals surface area (Å²) >= 11 is 5.81. The summed E-state index contributed by atoms with van der Waals surface area (Å²) in [6.45, 7) is 5.01. The standard InChI is InChI=1S/C19H19ClN2O4/c1-19(2,3)18(25)22-13-8-6-12(7-9-13)15(23)11-26-17(24)14-5-4-10-21-16(14)20/h4-10H,11H2,1-3H3,(H,22,25). The number of ether oxygens (including phenoxy) is 1. The highest BCUT2D eigenvalue weighted by atomic mass is 35.5. The summed E-state index contributed by atoms with van der Waals surface area (Å²) in [6.07, 6.45) is 1.45. The van der Waals surface area contributed by atoms with Crippen LogP contribution in [0.2, 0.25) is 5.15 Å². The molecule has 26 heavy (non-hydrogen) atoms. The molecule has 0 aliphatic heterocycles. The quantitative estimate of drug-likeness (QED) is 0.489. The first-order valence-corrected chi connectivity index (χ1v) is 8.28. The Morgan fingerprint density at radius 1 is 1.12 bits per heavy atom. The van der Waals surface area contributed by atoms with Crippen LogP contribution in [0.5, 0.6) is 0 Å². The number of halogens is 1. The first-order valence-electron chi connectivity index (χ1n) is 7.91. The summed E-state index contributed by atoms with van der Waals surface area (Å²) in [5.41, 5.74) is 0.530. The average Bonchev–Trinajstić information content (AvgIpc) is 2.59. The molecular formula is C19H19ClN2O4. The number of nitrogens with one attached hydrogen (secondary N) is 1. The number of rotatable bonds is 5. The highest BCUT2D eigenvalue weighted by Crippen LogP contribution is 2.18. The van der Waals surface area contributed by atoms with Crippen LogP contribution in [0.15, 0.2) is 42.6 Å². The Labute approximate surface area is 156 Å². The van der Waals surface area contributed by atoms with Crippen molar-refractivity contribution in [2.75, 3.05) is 11.9 Å². The number of nitrogens with zero attached hydrogens (tertiary/aromatic N) is 1. The fourth-order valence-corrected chi connectivity index (χ4v) is 2.09. The minimum absolute atomic E-state index is 0.0175. The van der Waals surface area contributed by atoms with Gasteiger partial charge in [-0.1, -0.05) is 32.4 Å². The van der Waals surface area contributed by atoms with Gasteiger partial charge in [-0.25, -0.2) is 9.78 Å². The van der Waals surface area contributed by atoms with Crippen LogP contribution in [0.1, 0.15) is 41.5 Å². The van der Waals surface area contributed by atoms with Crippen molar-refractivity contribution in [1.29, 1.82) is 0 Å². The number of ketones is 1. The molecule has 0 saturated carbocycles. The van der Waals surface area contributed by atoms with Crippen molar-refractivity contribution in [3.8, 4) is 0 Å². The predicted molar refractivity (Wildman–Crippen MR) is 98.4 cm³/mol. The van der Waals surface area contributed by atoms with E-state index in [1.807, 2.05) is 20.8 Å². The largest absolute Gasteiger partial charge is 0.454 e. The van der Waals surface area contributed by atoms with Crippen molar-refractivity contribution in [1.82, 2.24) is 4.98 Å². The van der Waals surface area contributed by atoms with Gasteiger partial charge in [0.15, 0.2) is 12.4 Å². The zero-order valence-electron chi connectivity index (χ0n) is 14.7. The minimum atomic E-state index is -0.717. The van der Waals surface area contributed by atoms with Crippen LogP contribution in [-0.4, -0.2) is 29.3 Å². The highest BCUT2D eigenvalue weighted by Gasteiger charge is 2.21. The van der Waals surface area contributed by atoms with Gasteiger partial charge in [0.05, 0.1) is 5.56 Å². The maximum atomic E-state index is 12.1. The summed E-state index contributed by atoms with van der Waals surface area (Å²) in [5, 5.41) is 2.79. The Morgan fingerprint density at radius 2 is 1.77 bits per heavy atom. The summed E-state index contributed by atoms with van der Waals surface area (Å²) in [6, 6.07) is 9.38. The van der Waals surface area contributed by atoms with Gasteiger partial charge in [0.2, 0.25) is 5.91 Å². The van der Waals surface area contributed by atoms with Gasteiger partial charge in [-0.3, -0.25) is 9.59 Å². The molecule has 0 unspecified atom stereocenters. The Balaban J connectivity index is 1.95. The molecule has 1 aromatic carbocycles. The fraction of sp³-hybridized carbons (Fsp3) is 0.263. The molecule has 1 amide bonds. The van der Waals surface area contributed by atoms with E-state index < -0.39 is 18.0 Å². The number of hydrogen-bond acceptors (Lipinski definition) is 5. The van der Waals surface area contributed by atoms with Crippen LogP contribution in [0.4, 0.5) is 5.69 Å². The van der Waals surface area contributed by atoms with Crippen molar-refractivity contribution in [2.24, 2.45) is 5.41 Å². The Morgan fingerprint density at radius 3 is 2.35 bits per heavy atom. The number of hydrogen-bond donors (Lipinski definition) is 1. The van der Waals surface area contributed by atoms with E-state index in [0.29, 0.717) is 11.3 Å². The minimum Gasteiger partial charge on any atom is -0.454 e. The van der Waals surface area contributed by atoms with Crippen molar-refractivity contribution in [3.05, 3.63) is 58.9 Å². The Hall–Kier alpha value is -2.73. The number of anilines is 1. The van der Waals surface area contributed by atoms with Gasteiger partial charge in [-0.05, 0) is 36.4 Å². The van der Waals surface area contributed by atoms with Crippen molar-refractivity contribution >= 4 is 34.9 Å². The lowest BCUT2D eigenvalue weighted by molar-refractivity contribution is -0.123. The molecule has 0 radical (unpaired) electrons. The summed E-state index contributed by atoms with van der Waals surface area (Å²) in [7, 11) is 0. The Kier molecular flexibility index (Phi) is 6.10. The van der Waals surface area contributed by atoms with Crippen molar-refractivity contribution in [2.45, 2.75) is 20.8 Å². The van der Waals surface area contributed by atoms with E-state index >= 15 is 0 Å². The molecule has 0 spiro atoms. The van der Waals surface area contributed by atoms with E-state index in [1.165, 1.54) is 12.3 Å².